The van der Waals surface area contributed by atoms with Gasteiger partial charge < -0.3 is 4.90 Å². The van der Waals surface area contributed by atoms with Crippen LogP contribution in [0, 0.1) is 31.1 Å². The first-order valence-electron chi connectivity index (χ1n) is 12.2. The molecule has 4 fully saturated rings. The van der Waals surface area contributed by atoms with Crippen molar-refractivity contribution in [2.75, 3.05) is 6.54 Å². The van der Waals surface area contributed by atoms with E-state index in [-0.39, 0.29) is 16.4 Å². The van der Waals surface area contributed by atoms with Crippen LogP contribution in [0.15, 0.2) is 29.1 Å². The van der Waals surface area contributed by atoms with Crippen molar-refractivity contribution in [2.24, 2.45) is 24.3 Å². The molecule has 4 aliphatic carbocycles. The van der Waals surface area contributed by atoms with Crippen molar-refractivity contribution in [3.63, 3.8) is 0 Å². The lowest BCUT2D eigenvalue weighted by molar-refractivity contribution is -0.161. The number of aryl methyl sites for hydroxylation is 3. The zero-order valence-electron chi connectivity index (χ0n) is 19.5. The summed E-state index contributed by atoms with van der Waals surface area (Å²) >= 11 is 0. The Hall–Kier alpha value is -2.43. The molecule has 2 unspecified atom stereocenters. The van der Waals surface area contributed by atoms with Crippen LogP contribution in [0.25, 0.3) is 0 Å². The zero-order chi connectivity index (χ0) is 22.3. The van der Waals surface area contributed by atoms with Crippen molar-refractivity contribution in [3.8, 4) is 0 Å². The average molecular weight is 432 g/mol. The molecule has 2 heterocycles. The molecule has 5 aliphatic rings. The number of fused-ring (bicyclic) bond motifs is 1. The van der Waals surface area contributed by atoms with Gasteiger partial charge in [0.15, 0.2) is 0 Å². The number of carbonyl (C=O) groups excluding carboxylic acids is 1. The maximum absolute atomic E-state index is 14.1. The molecule has 32 heavy (non-hydrogen) atoms. The van der Waals surface area contributed by atoms with Crippen molar-refractivity contribution in [1.82, 2.24) is 14.7 Å². The van der Waals surface area contributed by atoms with Gasteiger partial charge in [-0.2, -0.15) is 5.10 Å². The summed E-state index contributed by atoms with van der Waals surface area (Å²) in [6.45, 7) is 5.64. The summed E-state index contributed by atoms with van der Waals surface area (Å²) in [5.74, 6) is 1.66. The summed E-state index contributed by atoms with van der Waals surface area (Å²) in [5, 5.41) is 4.43. The van der Waals surface area contributed by atoms with E-state index in [9.17, 15) is 9.59 Å². The minimum atomic E-state index is -0.229. The van der Waals surface area contributed by atoms with Gasteiger partial charge in [0.25, 0.3) is 5.56 Å². The summed E-state index contributed by atoms with van der Waals surface area (Å²) in [7, 11) is 1.70. The molecule has 7 rings (SSSR count). The van der Waals surface area contributed by atoms with Crippen LogP contribution in [0.5, 0.6) is 0 Å². The van der Waals surface area contributed by atoms with E-state index in [4.69, 9.17) is 0 Å². The molecule has 0 spiro atoms. The van der Waals surface area contributed by atoms with Crippen molar-refractivity contribution >= 4 is 5.91 Å². The third-order valence-electron chi connectivity index (χ3n) is 9.16. The monoisotopic (exact) mass is 431 g/mol. The second kappa shape index (κ2) is 6.79. The summed E-state index contributed by atoms with van der Waals surface area (Å²) in [6.07, 6.45) is 7.60. The molecule has 0 radical (unpaired) electrons. The Morgan fingerprint density at radius 2 is 1.81 bits per heavy atom. The van der Waals surface area contributed by atoms with Gasteiger partial charge in [-0.15, -0.1) is 0 Å². The summed E-state index contributed by atoms with van der Waals surface area (Å²) in [4.78, 5) is 28.3. The van der Waals surface area contributed by atoms with Gasteiger partial charge in [0.05, 0.1) is 11.1 Å². The van der Waals surface area contributed by atoms with Crippen LogP contribution in [-0.4, -0.2) is 27.1 Å². The van der Waals surface area contributed by atoms with Crippen molar-refractivity contribution in [2.45, 2.75) is 70.8 Å². The molecule has 1 aromatic carbocycles. The average Bonchev–Trinajstić information content (AvgIpc) is 2.74. The first-order valence-corrected chi connectivity index (χ1v) is 12.2. The molecular weight excluding hydrogens is 398 g/mol. The number of amides is 1. The lowest BCUT2D eigenvalue weighted by Crippen LogP contribution is -2.60. The number of benzene rings is 1. The summed E-state index contributed by atoms with van der Waals surface area (Å²) < 4.78 is 1.41. The topological polar surface area (TPSA) is 55.2 Å². The highest BCUT2D eigenvalue weighted by atomic mass is 16.2. The molecule has 2 aromatic rings. The van der Waals surface area contributed by atoms with Crippen LogP contribution in [0.1, 0.15) is 66.5 Å². The Labute approximate surface area is 189 Å². The fourth-order valence-electron chi connectivity index (χ4n) is 7.92. The van der Waals surface area contributed by atoms with E-state index in [0.29, 0.717) is 30.8 Å². The first-order chi connectivity index (χ1) is 15.3. The standard InChI is InChI=1S/C27H33N3O2/c1-17-4-5-22(8-18(17)2)26-11-19-9-20(12-26)14-27(13-19,16-26)25(32)30-7-6-23-21(15-30)10-24(31)29(3)28-23/h4-5,8,10,19-20H,6-7,9,11-16H2,1-3H3. The van der Waals surface area contributed by atoms with Crippen molar-refractivity contribution in [3.05, 3.63) is 62.6 Å². The van der Waals surface area contributed by atoms with Gasteiger partial charge in [-0.25, -0.2) is 4.68 Å². The maximum Gasteiger partial charge on any atom is 0.266 e. The van der Waals surface area contributed by atoms with Gasteiger partial charge in [0.2, 0.25) is 5.91 Å². The largest absolute Gasteiger partial charge is 0.337 e. The highest BCUT2D eigenvalue weighted by molar-refractivity contribution is 5.84. The van der Waals surface area contributed by atoms with Crippen LogP contribution >= 0.6 is 0 Å². The molecule has 4 bridgehead atoms. The molecule has 2 atom stereocenters. The summed E-state index contributed by atoms with van der Waals surface area (Å²) in [5.41, 5.74) is 5.90. The van der Waals surface area contributed by atoms with E-state index in [0.717, 1.165) is 36.9 Å². The number of aromatic nitrogens is 2. The fourth-order valence-corrected chi connectivity index (χ4v) is 7.92. The fraction of sp³-hybridized carbons (Fsp3) is 0.593. The number of hydrogen-bond acceptors (Lipinski definition) is 3. The van der Waals surface area contributed by atoms with E-state index < -0.39 is 0 Å². The van der Waals surface area contributed by atoms with Crippen LogP contribution in [-0.2, 0) is 30.2 Å². The second-order valence-electron chi connectivity index (χ2n) is 11.4. The Balaban J connectivity index is 1.33. The third-order valence-corrected chi connectivity index (χ3v) is 9.16. The van der Waals surface area contributed by atoms with Crippen LogP contribution in [0.3, 0.4) is 0 Å². The quantitative estimate of drug-likeness (QED) is 0.726. The predicted molar refractivity (Wildman–Crippen MR) is 123 cm³/mol. The molecule has 1 amide bonds. The van der Waals surface area contributed by atoms with E-state index in [1.54, 1.807) is 13.1 Å². The van der Waals surface area contributed by atoms with E-state index in [1.165, 1.54) is 40.6 Å². The molecule has 5 heteroatoms. The van der Waals surface area contributed by atoms with Crippen molar-refractivity contribution in [1.29, 1.82) is 0 Å². The highest BCUT2D eigenvalue weighted by Gasteiger charge is 2.61. The number of rotatable bonds is 2. The minimum absolute atomic E-state index is 0.0958. The van der Waals surface area contributed by atoms with Gasteiger partial charge in [0, 0.05) is 38.2 Å². The van der Waals surface area contributed by atoms with Gasteiger partial charge in [-0.3, -0.25) is 9.59 Å². The maximum atomic E-state index is 14.1. The third kappa shape index (κ3) is 2.93. The van der Waals surface area contributed by atoms with Gasteiger partial charge >= 0.3 is 0 Å². The molecule has 0 N–H and O–H groups in total. The van der Waals surface area contributed by atoms with E-state index in [2.05, 4.69) is 37.1 Å². The molecule has 1 aliphatic heterocycles. The predicted octanol–water partition coefficient (Wildman–Crippen LogP) is 3.82. The normalized spacial score (nSPS) is 32.8. The number of nitrogens with zero attached hydrogens (tertiary/aromatic N) is 3. The lowest BCUT2D eigenvalue weighted by atomic mass is 9.42. The van der Waals surface area contributed by atoms with E-state index in [1.807, 2.05) is 4.90 Å². The van der Waals surface area contributed by atoms with E-state index >= 15 is 0 Å². The molecular formula is C27H33N3O2. The van der Waals surface area contributed by atoms with Crippen LogP contribution in [0.2, 0.25) is 0 Å². The molecule has 0 saturated heterocycles. The minimum Gasteiger partial charge on any atom is -0.337 e. The number of carbonyl (C=O) groups is 1. The number of hydrogen-bond donors (Lipinski definition) is 0. The highest BCUT2D eigenvalue weighted by Crippen LogP contribution is 2.66. The van der Waals surface area contributed by atoms with Crippen LogP contribution in [0.4, 0.5) is 0 Å². The molecule has 1 aromatic heterocycles. The Kier molecular flexibility index (Phi) is 4.28. The zero-order valence-corrected chi connectivity index (χ0v) is 19.5. The lowest BCUT2D eigenvalue weighted by Gasteiger charge is -2.62. The Morgan fingerprint density at radius 1 is 1.06 bits per heavy atom. The second-order valence-corrected chi connectivity index (χ2v) is 11.4. The molecule has 4 saturated carbocycles. The van der Waals surface area contributed by atoms with Gasteiger partial charge in [0.1, 0.15) is 0 Å². The first kappa shape index (κ1) is 20.2. The molecule has 5 nitrogen and oxygen atoms in total. The van der Waals surface area contributed by atoms with Crippen molar-refractivity contribution < 1.29 is 4.79 Å². The Bertz CT molecular complexity index is 1170. The van der Waals surface area contributed by atoms with Gasteiger partial charge in [-0.1, -0.05) is 18.2 Å². The SMILES string of the molecule is Cc1ccc(C23CC4CC(CC(C(=O)N5CCc6nn(C)c(=O)cc6C5)(C4)C2)C3)cc1C. The van der Waals surface area contributed by atoms with Gasteiger partial charge in [-0.05, 0) is 86.3 Å². The Morgan fingerprint density at radius 3 is 2.53 bits per heavy atom. The van der Waals surface area contributed by atoms with Crippen LogP contribution < -0.4 is 5.56 Å². The smallest absolute Gasteiger partial charge is 0.266 e. The summed E-state index contributed by atoms with van der Waals surface area (Å²) in [6, 6.07) is 8.69. The molecule has 168 valence electrons.